The zero-order chi connectivity index (χ0) is 15.6. The lowest BCUT2D eigenvalue weighted by atomic mass is 9.82. The van der Waals surface area contributed by atoms with E-state index >= 15 is 0 Å². The lowest BCUT2D eigenvalue weighted by Crippen LogP contribution is -2.35. The summed E-state index contributed by atoms with van der Waals surface area (Å²) in [5, 5.41) is 9.94. The maximum absolute atomic E-state index is 12.4. The fourth-order valence-electron chi connectivity index (χ4n) is 2.48. The third kappa shape index (κ3) is 3.85. The second-order valence-corrected chi connectivity index (χ2v) is 6.91. The number of likely N-dealkylation sites (N-methyl/N-ethyl adjacent to an activating group) is 1. The molecule has 1 aliphatic rings. The number of hydrogen-bond donors (Lipinski definition) is 1. The van der Waals surface area contributed by atoms with Gasteiger partial charge < -0.3 is 10.0 Å². The Hall–Kier alpha value is -1.35. The Balaban J connectivity index is 2.02. The van der Waals surface area contributed by atoms with Crippen molar-refractivity contribution in [3.05, 3.63) is 35.4 Å². The highest BCUT2D eigenvalue weighted by atomic mass is 16.3. The van der Waals surface area contributed by atoms with Crippen molar-refractivity contribution in [1.29, 1.82) is 0 Å². The summed E-state index contributed by atoms with van der Waals surface area (Å²) in [4.78, 5) is 14.0. The van der Waals surface area contributed by atoms with Crippen LogP contribution in [0.15, 0.2) is 24.3 Å². The Morgan fingerprint density at radius 2 is 1.90 bits per heavy atom. The molecular formula is C18H27NO2. The Labute approximate surface area is 128 Å². The molecule has 0 saturated heterocycles. The summed E-state index contributed by atoms with van der Waals surface area (Å²) < 4.78 is 0. The number of nitrogens with zero attached hydrogens (tertiary/aromatic N) is 1. The summed E-state index contributed by atoms with van der Waals surface area (Å²) in [7, 11) is 1.76. The first kappa shape index (κ1) is 16.0. The average Bonchev–Trinajstić information content (AvgIpc) is 3.31. The largest absolute Gasteiger partial charge is 0.391 e. The molecule has 21 heavy (non-hydrogen) atoms. The Morgan fingerprint density at radius 3 is 2.38 bits per heavy atom. The highest BCUT2D eigenvalue weighted by Crippen LogP contribution is 2.33. The molecule has 1 fully saturated rings. The first-order chi connectivity index (χ1) is 9.85. The van der Waals surface area contributed by atoms with E-state index in [9.17, 15) is 9.90 Å². The van der Waals surface area contributed by atoms with Gasteiger partial charge in [0.05, 0.1) is 6.10 Å². The fraction of sp³-hybridized carbons (Fsp3) is 0.611. The first-order valence-corrected chi connectivity index (χ1v) is 7.89. The van der Waals surface area contributed by atoms with Crippen molar-refractivity contribution in [2.24, 2.45) is 5.92 Å². The third-order valence-corrected chi connectivity index (χ3v) is 4.77. The summed E-state index contributed by atoms with van der Waals surface area (Å²) in [5.74, 6) is 0.378. The van der Waals surface area contributed by atoms with Crippen molar-refractivity contribution in [1.82, 2.24) is 4.90 Å². The van der Waals surface area contributed by atoms with Gasteiger partial charge in [0.25, 0.3) is 5.91 Å². The molecule has 0 bridgehead atoms. The van der Waals surface area contributed by atoms with Crippen molar-refractivity contribution < 1.29 is 9.90 Å². The van der Waals surface area contributed by atoms with E-state index < -0.39 is 0 Å². The molecule has 0 aromatic heterocycles. The molecule has 0 heterocycles. The van der Waals surface area contributed by atoms with E-state index in [-0.39, 0.29) is 17.4 Å². The number of rotatable bonds is 6. The van der Waals surface area contributed by atoms with Gasteiger partial charge in [0.15, 0.2) is 0 Å². The van der Waals surface area contributed by atoms with Gasteiger partial charge in [-0.3, -0.25) is 4.79 Å². The quantitative estimate of drug-likeness (QED) is 0.873. The number of carbonyl (C=O) groups is 1. The molecule has 2 rings (SSSR count). The highest BCUT2D eigenvalue weighted by Gasteiger charge is 2.31. The highest BCUT2D eigenvalue weighted by molar-refractivity contribution is 5.94. The normalized spacial score (nSPS) is 16.6. The molecule has 1 saturated carbocycles. The molecule has 116 valence electrons. The van der Waals surface area contributed by atoms with Crippen LogP contribution in [0.5, 0.6) is 0 Å². The molecule has 1 aliphatic carbocycles. The Morgan fingerprint density at radius 1 is 1.33 bits per heavy atom. The minimum absolute atomic E-state index is 0.0180. The van der Waals surface area contributed by atoms with Gasteiger partial charge in [-0.1, -0.05) is 32.9 Å². The molecule has 3 heteroatoms. The summed E-state index contributed by atoms with van der Waals surface area (Å²) in [6.07, 6.45) is 2.86. The number of benzene rings is 1. The van der Waals surface area contributed by atoms with Crippen LogP contribution in [0.25, 0.3) is 0 Å². The molecule has 0 aliphatic heterocycles. The van der Waals surface area contributed by atoms with E-state index in [0.717, 1.165) is 19.3 Å². The lowest BCUT2D eigenvalue weighted by molar-refractivity contribution is 0.0645. The van der Waals surface area contributed by atoms with Crippen molar-refractivity contribution in [3.63, 3.8) is 0 Å². The molecule has 1 atom stereocenters. The van der Waals surface area contributed by atoms with E-state index in [4.69, 9.17) is 0 Å². The molecule has 1 N–H and O–H groups in total. The zero-order valence-electron chi connectivity index (χ0n) is 13.6. The van der Waals surface area contributed by atoms with Crippen LogP contribution in [0.4, 0.5) is 0 Å². The van der Waals surface area contributed by atoms with Crippen molar-refractivity contribution in [2.45, 2.75) is 51.6 Å². The molecule has 1 aromatic rings. The van der Waals surface area contributed by atoms with Gasteiger partial charge in [-0.15, -0.1) is 0 Å². The monoisotopic (exact) mass is 289 g/mol. The minimum Gasteiger partial charge on any atom is -0.391 e. The predicted molar refractivity (Wildman–Crippen MR) is 85.5 cm³/mol. The van der Waals surface area contributed by atoms with Gasteiger partial charge in [0, 0.05) is 19.2 Å². The van der Waals surface area contributed by atoms with Crippen molar-refractivity contribution in [2.75, 3.05) is 13.6 Å². The summed E-state index contributed by atoms with van der Waals surface area (Å²) in [5.41, 5.74) is 2.08. The van der Waals surface area contributed by atoms with Crippen LogP contribution in [0.3, 0.4) is 0 Å². The van der Waals surface area contributed by atoms with Crippen LogP contribution in [-0.4, -0.2) is 35.6 Å². The van der Waals surface area contributed by atoms with E-state index in [1.165, 1.54) is 5.56 Å². The van der Waals surface area contributed by atoms with Gasteiger partial charge in [-0.2, -0.15) is 0 Å². The van der Waals surface area contributed by atoms with Crippen molar-refractivity contribution in [3.8, 4) is 0 Å². The van der Waals surface area contributed by atoms with E-state index in [1.807, 2.05) is 24.3 Å². The molecule has 1 aromatic carbocycles. The molecule has 1 unspecified atom stereocenters. The summed E-state index contributed by atoms with van der Waals surface area (Å²) in [6.45, 7) is 7.02. The zero-order valence-corrected chi connectivity index (χ0v) is 13.6. The third-order valence-electron chi connectivity index (χ3n) is 4.77. The second kappa shape index (κ2) is 6.18. The average molecular weight is 289 g/mol. The van der Waals surface area contributed by atoms with E-state index in [2.05, 4.69) is 20.8 Å². The minimum atomic E-state index is -0.378. The maximum Gasteiger partial charge on any atom is 0.253 e. The smallest absolute Gasteiger partial charge is 0.253 e. The van der Waals surface area contributed by atoms with E-state index in [1.54, 1.807) is 11.9 Å². The number of aliphatic hydroxyl groups is 1. The molecular weight excluding hydrogens is 262 g/mol. The summed E-state index contributed by atoms with van der Waals surface area (Å²) in [6, 6.07) is 7.88. The lowest BCUT2D eigenvalue weighted by Gasteiger charge is -2.24. The number of hydrogen-bond acceptors (Lipinski definition) is 2. The van der Waals surface area contributed by atoms with E-state index in [0.29, 0.717) is 18.0 Å². The van der Waals surface area contributed by atoms with Gasteiger partial charge >= 0.3 is 0 Å². The fourth-order valence-corrected chi connectivity index (χ4v) is 2.48. The van der Waals surface area contributed by atoms with Crippen LogP contribution in [-0.2, 0) is 5.41 Å². The number of carbonyl (C=O) groups excluding carboxylic acids is 1. The molecule has 1 amide bonds. The molecule has 0 spiro atoms. The van der Waals surface area contributed by atoms with Gasteiger partial charge in [0.2, 0.25) is 0 Å². The standard InChI is InChI=1S/C18H27NO2/c1-5-18(2,3)15-10-8-14(9-11-15)17(21)19(4)12-16(20)13-6-7-13/h8-11,13,16,20H,5-7,12H2,1-4H3. The van der Waals surface area contributed by atoms with Crippen LogP contribution in [0.1, 0.15) is 56.0 Å². The summed E-state index contributed by atoms with van der Waals surface area (Å²) >= 11 is 0. The SMILES string of the molecule is CCC(C)(C)c1ccc(C(=O)N(C)CC(O)C2CC2)cc1. The van der Waals surface area contributed by atoms with Gasteiger partial charge in [-0.05, 0) is 48.3 Å². The topological polar surface area (TPSA) is 40.5 Å². The molecule has 3 nitrogen and oxygen atoms in total. The predicted octanol–water partition coefficient (Wildman–Crippen LogP) is 3.22. The van der Waals surface area contributed by atoms with Crippen LogP contribution < -0.4 is 0 Å². The maximum atomic E-state index is 12.4. The van der Waals surface area contributed by atoms with Crippen LogP contribution >= 0.6 is 0 Å². The first-order valence-electron chi connectivity index (χ1n) is 7.89. The number of aliphatic hydroxyl groups excluding tert-OH is 1. The van der Waals surface area contributed by atoms with Gasteiger partial charge in [0.1, 0.15) is 0 Å². The van der Waals surface area contributed by atoms with Gasteiger partial charge in [-0.25, -0.2) is 0 Å². The molecule has 0 radical (unpaired) electrons. The number of amides is 1. The van der Waals surface area contributed by atoms with Crippen molar-refractivity contribution >= 4 is 5.91 Å². The van der Waals surface area contributed by atoms with Crippen LogP contribution in [0.2, 0.25) is 0 Å². The van der Waals surface area contributed by atoms with Crippen LogP contribution in [0, 0.1) is 5.92 Å². The Kier molecular flexibility index (Phi) is 4.72. The second-order valence-electron chi connectivity index (χ2n) is 6.91. The Bertz CT molecular complexity index is 488.